The van der Waals surface area contributed by atoms with E-state index in [1.54, 1.807) is 13.0 Å². The Bertz CT molecular complexity index is 1030. The number of hydrogen-bond acceptors (Lipinski definition) is 7. The highest BCUT2D eigenvalue weighted by Crippen LogP contribution is 2.35. The molecule has 1 saturated carbocycles. The van der Waals surface area contributed by atoms with E-state index in [4.69, 9.17) is 9.47 Å². The first-order valence-corrected chi connectivity index (χ1v) is 12.8. The summed E-state index contributed by atoms with van der Waals surface area (Å²) in [5.41, 5.74) is 0.696. The molecule has 2 aromatic heterocycles. The number of aromatic nitrogens is 3. The van der Waals surface area contributed by atoms with E-state index < -0.39 is 18.7 Å². The Morgan fingerprint density at radius 2 is 1.89 bits per heavy atom. The second kappa shape index (κ2) is 12.5. The van der Waals surface area contributed by atoms with Gasteiger partial charge in [-0.15, -0.1) is 0 Å². The molecule has 1 fully saturated rings. The molecule has 2 aromatic rings. The van der Waals surface area contributed by atoms with E-state index in [-0.39, 0.29) is 24.4 Å². The second-order valence-electron chi connectivity index (χ2n) is 9.80. The van der Waals surface area contributed by atoms with E-state index in [0.29, 0.717) is 56.6 Å². The molecule has 0 atom stereocenters. The molecule has 11 heteroatoms. The fourth-order valence-corrected chi connectivity index (χ4v) is 4.82. The lowest BCUT2D eigenvalue weighted by atomic mass is 9.81. The number of nitrogens with zero attached hydrogens (tertiary/aromatic N) is 4. The molecule has 0 saturated heterocycles. The summed E-state index contributed by atoms with van der Waals surface area (Å²) >= 11 is 0. The summed E-state index contributed by atoms with van der Waals surface area (Å²) in [6, 6.07) is 3.46. The van der Waals surface area contributed by atoms with Crippen LogP contribution >= 0.6 is 0 Å². The fraction of sp³-hybridized carbons (Fsp3) is 0.615. The van der Waals surface area contributed by atoms with Gasteiger partial charge < -0.3 is 19.7 Å². The number of nitrogens with one attached hydrogen (secondary N) is 1. The van der Waals surface area contributed by atoms with Crippen LogP contribution in [-0.4, -0.2) is 76.7 Å². The number of alkyl halides is 3. The fourth-order valence-electron chi connectivity index (χ4n) is 4.82. The van der Waals surface area contributed by atoms with Crippen LogP contribution in [0, 0.1) is 6.92 Å². The molecule has 2 aliphatic rings. The molecule has 4 rings (SSSR count). The zero-order valence-electron chi connectivity index (χ0n) is 21.1. The number of fused-ring (bicyclic) bond motifs is 1. The van der Waals surface area contributed by atoms with Crippen molar-refractivity contribution in [2.24, 2.45) is 0 Å². The van der Waals surface area contributed by atoms with E-state index in [1.165, 1.54) is 12.4 Å². The number of aryl methyl sites for hydroxylation is 1. The van der Waals surface area contributed by atoms with Crippen LogP contribution in [0.15, 0.2) is 24.5 Å². The van der Waals surface area contributed by atoms with Crippen molar-refractivity contribution < 1.29 is 27.4 Å². The highest BCUT2D eigenvalue weighted by molar-refractivity contribution is 5.77. The Kier molecular flexibility index (Phi) is 9.18. The Labute approximate surface area is 215 Å². The topological polar surface area (TPSA) is 89.5 Å². The number of carbonyl (C=O) groups excluding carboxylic acids is 1. The first kappa shape index (κ1) is 27.1. The third-order valence-electron chi connectivity index (χ3n) is 7.01. The van der Waals surface area contributed by atoms with Crippen LogP contribution < -0.4 is 14.8 Å². The molecular formula is C26H34F3N5O3. The van der Waals surface area contributed by atoms with Gasteiger partial charge in [-0.1, -0.05) is 6.07 Å². The minimum atomic E-state index is -2.54. The lowest BCUT2D eigenvalue weighted by Crippen LogP contribution is -2.44. The van der Waals surface area contributed by atoms with Crippen LogP contribution in [-0.2, 0) is 17.6 Å². The maximum atomic E-state index is 15.5. The average molecular weight is 522 g/mol. The quantitative estimate of drug-likeness (QED) is 0.512. The zero-order valence-corrected chi connectivity index (χ0v) is 21.1. The predicted octanol–water partition coefficient (Wildman–Crippen LogP) is 3.46. The minimum absolute atomic E-state index is 0.0607. The van der Waals surface area contributed by atoms with Crippen LogP contribution in [0.3, 0.4) is 0 Å². The molecule has 3 heterocycles. The van der Waals surface area contributed by atoms with Crippen molar-refractivity contribution in [3.8, 4) is 11.6 Å². The van der Waals surface area contributed by atoms with Crippen LogP contribution in [0.25, 0.3) is 0 Å². The van der Waals surface area contributed by atoms with Gasteiger partial charge in [-0.2, -0.15) is 0 Å². The van der Waals surface area contributed by atoms with Crippen molar-refractivity contribution in [3.05, 3.63) is 41.6 Å². The van der Waals surface area contributed by atoms with E-state index in [9.17, 15) is 13.6 Å². The van der Waals surface area contributed by atoms with Crippen LogP contribution in [0.4, 0.5) is 13.2 Å². The molecule has 0 radical (unpaired) electrons. The lowest BCUT2D eigenvalue weighted by molar-refractivity contribution is -0.124. The van der Waals surface area contributed by atoms with Crippen molar-refractivity contribution in [1.29, 1.82) is 0 Å². The van der Waals surface area contributed by atoms with Gasteiger partial charge in [0.05, 0.1) is 12.4 Å². The van der Waals surface area contributed by atoms with Crippen LogP contribution in [0.2, 0.25) is 0 Å². The third kappa shape index (κ3) is 8.28. The summed E-state index contributed by atoms with van der Waals surface area (Å²) in [5.74, 6) is 1.03. The number of ether oxygens (including phenoxy) is 2. The highest BCUT2D eigenvalue weighted by Gasteiger charge is 2.36. The molecule has 1 amide bonds. The van der Waals surface area contributed by atoms with Crippen molar-refractivity contribution in [2.45, 2.75) is 70.0 Å². The Hall–Kier alpha value is -2.95. The van der Waals surface area contributed by atoms with Gasteiger partial charge >= 0.3 is 0 Å². The van der Waals surface area contributed by atoms with Crippen molar-refractivity contribution in [3.63, 3.8) is 0 Å². The van der Waals surface area contributed by atoms with Crippen LogP contribution in [0.5, 0.6) is 11.6 Å². The molecule has 37 heavy (non-hydrogen) atoms. The van der Waals surface area contributed by atoms with Crippen molar-refractivity contribution in [2.75, 3.05) is 32.8 Å². The summed E-state index contributed by atoms with van der Waals surface area (Å²) in [5, 5.41) is 2.94. The Balaban J connectivity index is 1.16. The van der Waals surface area contributed by atoms with Gasteiger partial charge in [0.15, 0.2) is 19.0 Å². The maximum absolute atomic E-state index is 15.5. The SMILES string of the molecule is Cc1ncc(OCC(=O)NC2CCC(F)(CCN3CCc4ccc(OCC(F)F)nc4CC3)CC2)cn1. The molecule has 1 aliphatic heterocycles. The number of halogens is 3. The maximum Gasteiger partial charge on any atom is 0.272 e. The largest absolute Gasteiger partial charge is 0.481 e. The van der Waals surface area contributed by atoms with Gasteiger partial charge in [-0.3, -0.25) is 4.79 Å². The smallest absolute Gasteiger partial charge is 0.272 e. The third-order valence-corrected chi connectivity index (χ3v) is 7.01. The average Bonchev–Trinajstić information content (AvgIpc) is 3.09. The summed E-state index contributed by atoms with van der Waals surface area (Å²) < 4.78 is 50.8. The lowest BCUT2D eigenvalue weighted by Gasteiger charge is -2.35. The molecule has 0 unspecified atom stereocenters. The van der Waals surface area contributed by atoms with Gasteiger partial charge in [0.25, 0.3) is 12.3 Å². The summed E-state index contributed by atoms with van der Waals surface area (Å²) in [7, 11) is 0. The van der Waals surface area contributed by atoms with Crippen molar-refractivity contribution >= 4 is 5.91 Å². The normalized spacial score (nSPS) is 22.2. The number of amides is 1. The van der Waals surface area contributed by atoms with Gasteiger partial charge in [0.2, 0.25) is 5.88 Å². The number of carbonyl (C=O) groups is 1. The number of hydrogen-bond donors (Lipinski definition) is 1. The monoisotopic (exact) mass is 521 g/mol. The van der Waals surface area contributed by atoms with Crippen molar-refractivity contribution in [1.82, 2.24) is 25.2 Å². The van der Waals surface area contributed by atoms with Gasteiger partial charge in [-0.05, 0) is 51.0 Å². The van der Waals surface area contributed by atoms with Gasteiger partial charge in [0.1, 0.15) is 11.5 Å². The zero-order chi connectivity index (χ0) is 26.3. The standard InChI is InChI=1S/C26H34F3N5O3/c1-18-30-14-21(15-31-18)36-17-24(35)32-20-4-8-26(29,9-5-20)10-13-34-11-6-19-2-3-25(37-16-23(27)28)33-22(19)7-12-34/h2-3,14-15,20,23H,4-13,16-17H2,1H3,(H,32,35). The molecule has 1 aliphatic carbocycles. The van der Waals surface area contributed by atoms with E-state index in [0.717, 1.165) is 30.8 Å². The molecule has 0 aromatic carbocycles. The predicted molar refractivity (Wildman–Crippen MR) is 131 cm³/mol. The second-order valence-corrected chi connectivity index (χ2v) is 9.80. The van der Waals surface area contributed by atoms with Crippen LogP contribution in [0.1, 0.15) is 49.2 Å². The number of rotatable bonds is 10. The minimum Gasteiger partial charge on any atom is -0.481 e. The Morgan fingerprint density at radius 1 is 1.16 bits per heavy atom. The van der Waals surface area contributed by atoms with E-state index >= 15 is 4.39 Å². The molecule has 8 nitrogen and oxygen atoms in total. The van der Waals surface area contributed by atoms with Gasteiger partial charge in [0, 0.05) is 43.9 Å². The number of pyridine rings is 1. The molecule has 202 valence electrons. The summed E-state index contributed by atoms with van der Waals surface area (Å²) in [4.78, 5) is 26.9. The molecule has 1 N–H and O–H groups in total. The summed E-state index contributed by atoms with van der Waals surface area (Å²) in [6.45, 7) is 3.14. The molecule has 0 spiro atoms. The first-order chi connectivity index (χ1) is 17.8. The van der Waals surface area contributed by atoms with E-state index in [1.807, 2.05) is 6.07 Å². The first-order valence-electron chi connectivity index (χ1n) is 12.8. The molecule has 0 bridgehead atoms. The van der Waals surface area contributed by atoms with E-state index in [2.05, 4.69) is 25.2 Å². The van der Waals surface area contributed by atoms with Gasteiger partial charge in [-0.25, -0.2) is 28.1 Å². The molecular weight excluding hydrogens is 487 g/mol. The summed E-state index contributed by atoms with van der Waals surface area (Å²) in [6.07, 6.45) is 4.40. The Morgan fingerprint density at radius 3 is 2.62 bits per heavy atom. The highest BCUT2D eigenvalue weighted by atomic mass is 19.3.